The minimum Gasteiger partial charge on any atom is -0.437 e. The smallest absolute Gasteiger partial charge is 0.416 e. The minimum absolute atomic E-state index is 0.0163. The van der Waals surface area contributed by atoms with Crippen LogP contribution in [0.5, 0.6) is 11.6 Å². The highest BCUT2D eigenvalue weighted by Crippen LogP contribution is 2.36. The number of halogens is 6. The van der Waals surface area contributed by atoms with Gasteiger partial charge in [0.25, 0.3) is 0 Å². The summed E-state index contributed by atoms with van der Waals surface area (Å²) in [5.74, 6) is 0.226. The Labute approximate surface area is 234 Å². The lowest BCUT2D eigenvalue weighted by molar-refractivity contribution is -0.175. The quantitative estimate of drug-likeness (QED) is 0.230. The second-order valence-electron chi connectivity index (χ2n) is 9.47. The molecule has 5 rings (SSSR count). The van der Waals surface area contributed by atoms with Crippen LogP contribution in [-0.2, 0) is 17.4 Å². The number of para-hydroxylation sites is 1. The first-order valence-corrected chi connectivity index (χ1v) is 13.4. The standard InChI is InChI=1S/C27H23F6N5O2S/c1-15(39)34-25-37-24-19(4-2-5-20(24)41-25)40-23-14-18(16-7-9-17(10-8-16)26(28,29)30)35-22(36-23)11-13-38-12-3-6-21(38)27(31,32)33/h2,4-5,7-10,14,21H,3,6,11-13H2,1H3,(H,34,37,39). The van der Waals surface area contributed by atoms with Crippen molar-refractivity contribution in [2.24, 2.45) is 0 Å². The molecule has 4 aromatic rings. The number of carbonyl (C=O) groups excluding carboxylic acids is 1. The van der Waals surface area contributed by atoms with Crippen LogP contribution in [0.3, 0.4) is 0 Å². The second kappa shape index (κ2) is 11.2. The SMILES string of the molecule is CC(=O)Nc1nc2c(Oc3cc(-c4ccc(C(F)(F)F)cc4)nc(CCN4CCCC4C(F)(F)F)n3)cccc2s1. The summed E-state index contributed by atoms with van der Waals surface area (Å²) in [7, 11) is 0. The Morgan fingerprint density at radius 3 is 2.51 bits per heavy atom. The monoisotopic (exact) mass is 595 g/mol. The zero-order valence-corrected chi connectivity index (χ0v) is 22.3. The van der Waals surface area contributed by atoms with Gasteiger partial charge >= 0.3 is 12.4 Å². The van der Waals surface area contributed by atoms with Crippen LogP contribution in [0.4, 0.5) is 31.5 Å². The molecule has 14 heteroatoms. The van der Waals surface area contributed by atoms with Gasteiger partial charge in [-0.3, -0.25) is 9.69 Å². The van der Waals surface area contributed by atoms with Crippen molar-refractivity contribution in [3.8, 4) is 22.9 Å². The van der Waals surface area contributed by atoms with Crippen LogP contribution in [0.15, 0.2) is 48.5 Å². The highest BCUT2D eigenvalue weighted by molar-refractivity contribution is 7.22. The number of carbonyl (C=O) groups is 1. The molecule has 0 spiro atoms. The summed E-state index contributed by atoms with van der Waals surface area (Å²) in [6.07, 6.45) is -8.37. The van der Waals surface area contributed by atoms with Gasteiger partial charge in [0, 0.05) is 31.5 Å². The molecule has 1 atom stereocenters. The van der Waals surface area contributed by atoms with Gasteiger partial charge in [-0.25, -0.2) is 9.97 Å². The fourth-order valence-electron chi connectivity index (χ4n) is 4.65. The molecule has 3 heterocycles. The van der Waals surface area contributed by atoms with E-state index in [2.05, 4.69) is 20.3 Å². The van der Waals surface area contributed by atoms with Crippen molar-refractivity contribution in [1.29, 1.82) is 0 Å². The molecule has 41 heavy (non-hydrogen) atoms. The van der Waals surface area contributed by atoms with Crippen LogP contribution in [0.1, 0.15) is 31.2 Å². The van der Waals surface area contributed by atoms with E-state index in [9.17, 15) is 31.1 Å². The van der Waals surface area contributed by atoms with Crippen LogP contribution in [0.25, 0.3) is 21.5 Å². The number of fused-ring (bicyclic) bond motifs is 1. The molecular weight excluding hydrogens is 572 g/mol. The fourth-order valence-corrected chi connectivity index (χ4v) is 5.57. The van der Waals surface area contributed by atoms with Gasteiger partial charge in [0.05, 0.1) is 16.0 Å². The molecule has 0 saturated carbocycles. The fraction of sp³-hybridized carbons (Fsp3) is 0.333. The van der Waals surface area contributed by atoms with E-state index in [-0.39, 0.29) is 49.2 Å². The average molecular weight is 596 g/mol. The van der Waals surface area contributed by atoms with Crippen LogP contribution >= 0.6 is 11.3 Å². The highest BCUT2D eigenvalue weighted by Gasteiger charge is 2.45. The van der Waals surface area contributed by atoms with Crippen molar-refractivity contribution in [3.63, 3.8) is 0 Å². The number of rotatable bonds is 7. The zero-order chi connectivity index (χ0) is 29.4. The number of thiazole rings is 1. The summed E-state index contributed by atoms with van der Waals surface area (Å²) in [4.78, 5) is 26.1. The predicted molar refractivity (Wildman–Crippen MR) is 141 cm³/mol. The molecule has 1 saturated heterocycles. The van der Waals surface area contributed by atoms with E-state index < -0.39 is 24.0 Å². The lowest BCUT2D eigenvalue weighted by atomic mass is 10.1. The molecule has 7 nitrogen and oxygen atoms in total. The molecule has 1 N–H and O–H groups in total. The number of ether oxygens (including phenoxy) is 1. The number of alkyl halides is 6. The number of anilines is 1. The van der Waals surface area contributed by atoms with E-state index in [1.165, 1.54) is 41.4 Å². The maximum absolute atomic E-state index is 13.4. The lowest BCUT2D eigenvalue weighted by Gasteiger charge is -2.26. The number of hydrogen-bond donors (Lipinski definition) is 1. The third-order valence-corrected chi connectivity index (χ3v) is 7.44. The van der Waals surface area contributed by atoms with Crippen LogP contribution in [0.2, 0.25) is 0 Å². The van der Waals surface area contributed by atoms with E-state index in [0.29, 0.717) is 28.4 Å². The van der Waals surface area contributed by atoms with Gasteiger partial charge in [-0.1, -0.05) is 29.5 Å². The van der Waals surface area contributed by atoms with E-state index in [1.54, 1.807) is 18.2 Å². The van der Waals surface area contributed by atoms with Gasteiger partial charge in [0.1, 0.15) is 17.4 Å². The molecule has 0 bridgehead atoms. The Bertz CT molecular complexity index is 1550. The van der Waals surface area contributed by atoms with Gasteiger partial charge in [-0.2, -0.15) is 31.3 Å². The number of amides is 1. The van der Waals surface area contributed by atoms with Crippen molar-refractivity contribution >= 4 is 32.6 Å². The normalized spacial score (nSPS) is 16.3. The summed E-state index contributed by atoms with van der Waals surface area (Å²) in [6, 6.07) is 9.42. The average Bonchev–Trinajstić information content (AvgIpc) is 3.54. The van der Waals surface area contributed by atoms with E-state index >= 15 is 0 Å². The Morgan fingerprint density at radius 1 is 1.07 bits per heavy atom. The lowest BCUT2D eigenvalue weighted by Crippen LogP contribution is -2.42. The Morgan fingerprint density at radius 2 is 1.83 bits per heavy atom. The first-order chi connectivity index (χ1) is 19.4. The molecule has 1 amide bonds. The van der Waals surface area contributed by atoms with Gasteiger partial charge in [0.2, 0.25) is 11.8 Å². The third-order valence-electron chi connectivity index (χ3n) is 6.50. The summed E-state index contributed by atoms with van der Waals surface area (Å²) < 4.78 is 86.4. The van der Waals surface area contributed by atoms with Crippen LogP contribution in [0, 0.1) is 0 Å². The Balaban J connectivity index is 1.47. The first-order valence-electron chi connectivity index (χ1n) is 12.6. The van der Waals surface area contributed by atoms with Crippen LogP contribution < -0.4 is 10.1 Å². The van der Waals surface area contributed by atoms with E-state index in [1.807, 2.05) is 0 Å². The van der Waals surface area contributed by atoms with Crippen molar-refractivity contribution in [2.45, 2.75) is 44.6 Å². The number of nitrogens with zero attached hydrogens (tertiary/aromatic N) is 4. The first kappa shape index (κ1) is 28.7. The van der Waals surface area contributed by atoms with Crippen LogP contribution in [-0.4, -0.2) is 51.1 Å². The molecule has 1 aliphatic rings. The van der Waals surface area contributed by atoms with Crippen molar-refractivity contribution < 1.29 is 35.9 Å². The summed E-state index contributed by atoms with van der Waals surface area (Å²) in [5.41, 5.74) is 0.213. The molecule has 216 valence electrons. The van der Waals surface area contributed by atoms with Crippen molar-refractivity contribution in [1.82, 2.24) is 19.9 Å². The maximum Gasteiger partial charge on any atom is 0.416 e. The molecule has 1 aliphatic heterocycles. The molecular formula is C27H23F6N5O2S. The largest absolute Gasteiger partial charge is 0.437 e. The predicted octanol–water partition coefficient (Wildman–Crippen LogP) is 7.09. The van der Waals surface area contributed by atoms with E-state index in [0.717, 1.165) is 16.8 Å². The van der Waals surface area contributed by atoms with Gasteiger partial charge in [0.15, 0.2) is 10.9 Å². The molecule has 2 aromatic heterocycles. The Kier molecular flexibility index (Phi) is 7.88. The Hall–Kier alpha value is -3.78. The number of nitrogens with one attached hydrogen (secondary N) is 1. The molecule has 0 radical (unpaired) electrons. The summed E-state index contributed by atoms with van der Waals surface area (Å²) in [6.45, 7) is 1.68. The van der Waals surface area contributed by atoms with Gasteiger partial charge in [-0.15, -0.1) is 0 Å². The maximum atomic E-state index is 13.4. The minimum atomic E-state index is -4.52. The number of benzene rings is 2. The van der Waals surface area contributed by atoms with Gasteiger partial charge < -0.3 is 10.1 Å². The molecule has 2 aromatic carbocycles. The second-order valence-corrected chi connectivity index (χ2v) is 10.5. The van der Waals surface area contributed by atoms with E-state index in [4.69, 9.17) is 4.74 Å². The number of aromatic nitrogens is 3. The summed E-state index contributed by atoms with van der Waals surface area (Å²) >= 11 is 1.24. The molecule has 0 aliphatic carbocycles. The zero-order valence-electron chi connectivity index (χ0n) is 21.5. The number of hydrogen-bond acceptors (Lipinski definition) is 7. The number of likely N-dealkylation sites (tertiary alicyclic amines) is 1. The van der Waals surface area contributed by atoms with Gasteiger partial charge in [-0.05, 0) is 43.7 Å². The molecule has 1 fully saturated rings. The van der Waals surface area contributed by atoms with Crippen molar-refractivity contribution in [3.05, 3.63) is 59.9 Å². The third kappa shape index (κ3) is 6.76. The topological polar surface area (TPSA) is 80.2 Å². The summed E-state index contributed by atoms with van der Waals surface area (Å²) in [5, 5.41) is 2.98. The molecule has 1 unspecified atom stereocenters. The van der Waals surface area contributed by atoms with Crippen molar-refractivity contribution in [2.75, 3.05) is 18.4 Å². The highest BCUT2D eigenvalue weighted by atomic mass is 32.1.